The molecular formula is C53H62N8O8. The molecule has 5 N–H and O–H groups in total. The van der Waals surface area contributed by atoms with Crippen molar-refractivity contribution in [2.24, 2.45) is 0 Å². The molecule has 16 heteroatoms. The maximum Gasteiger partial charge on any atom is 0.408 e. The first-order valence-electron chi connectivity index (χ1n) is 23.8. The lowest BCUT2D eigenvalue weighted by atomic mass is 9.87. The number of aliphatic hydroxyl groups excluding tert-OH is 1. The molecule has 2 aromatic heterocycles. The zero-order valence-corrected chi connectivity index (χ0v) is 40.2. The number of aliphatic hydroxyl groups is 1. The van der Waals surface area contributed by atoms with Gasteiger partial charge in [0.2, 0.25) is 12.3 Å². The van der Waals surface area contributed by atoms with Crippen LogP contribution in [0.3, 0.4) is 0 Å². The number of carbonyl (C=O) groups is 3. The number of rotatable bonds is 20. The zero-order chi connectivity index (χ0) is 48.8. The number of ether oxygens (including phenoxy) is 4. The van der Waals surface area contributed by atoms with E-state index in [4.69, 9.17) is 28.9 Å². The number of hydrogen-bond donors (Lipinski definition) is 5. The molecule has 0 bridgehead atoms. The number of H-pyrrole nitrogens is 2. The summed E-state index contributed by atoms with van der Waals surface area (Å²) in [6, 6.07) is 24.4. The Balaban J connectivity index is 1.00. The summed E-state index contributed by atoms with van der Waals surface area (Å²) in [5, 5.41) is 16.4. The molecule has 4 aromatic carbocycles. The van der Waals surface area contributed by atoms with Gasteiger partial charge in [-0.05, 0) is 82.9 Å². The Morgan fingerprint density at radius 2 is 1.29 bits per heavy atom. The Labute approximate surface area is 402 Å². The summed E-state index contributed by atoms with van der Waals surface area (Å²) in [5.74, 6) is 2.20. The van der Waals surface area contributed by atoms with Gasteiger partial charge in [-0.2, -0.15) is 0 Å². The number of aromatic nitrogens is 4. The van der Waals surface area contributed by atoms with Crippen molar-refractivity contribution >= 4 is 17.9 Å². The quantitative estimate of drug-likeness (QED) is 0.0459. The molecule has 69 heavy (non-hydrogen) atoms. The van der Waals surface area contributed by atoms with Gasteiger partial charge in [0.05, 0.1) is 48.6 Å². The summed E-state index contributed by atoms with van der Waals surface area (Å²) in [5.41, 5.74) is 8.54. The van der Waals surface area contributed by atoms with E-state index in [2.05, 4.69) is 32.7 Å². The van der Waals surface area contributed by atoms with Crippen LogP contribution in [-0.2, 0) is 38.8 Å². The van der Waals surface area contributed by atoms with E-state index in [1.807, 2.05) is 107 Å². The standard InChI is InChI=1S/C53H62N8O8/c1-8-20-60(50(62)47(34-16-12-10-13-17-34)58-52(64)68-31(3)4)28-44-54-26-40(56-44)36-22-38-29-67-43-25-37(23-39-30-66-42(24-36)45(38)46(39)43)41-27-55-49(57-41)33(7)61(21-9-2)51(63)48(35-18-14-11-15-19-35)59-53(65)69-32(5)6/h10-19,22-27,31-33,47-48,52,58,64H,8-9,20-21,28-30H2,1-7H3,(H,54,56)(H,55,57)(H,59,65). The van der Waals surface area contributed by atoms with Crippen LogP contribution in [0.15, 0.2) is 97.3 Å². The SMILES string of the molecule is CCCN(Cc1ncc(-c2cc3c4c(c2)OCc2cc(-c5cnc(C(C)N(CCC)C(=O)C(NC(=O)OC(C)C)c6ccccc6)[nH]5)cc(c2-4)OC3)[nH]1)C(=O)C(NC(O)OC(C)C)c1ccccc1. The number of alkyl carbamates (subject to hydrolysis) is 1. The smallest absolute Gasteiger partial charge is 0.408 e. The number of imidazole rings is 2. The third kappa shape index (κ3) is 11.0. The number of nitrogens with zero attached hydrogens (tertiary/aromatic N) is 4. The maximum absolute atomic E-state index is 14.3. The van der Waals surface area contributed by atoms with E-state index in [0.717, 1.165) is 62.7 Å². The summed E-state index contributed by atoms with van der Waals surface area (Å²) in [7, 11) is 0. The lowest BCUT2D eigenvalue weighted by Gasteiger charge is -2.32. The molecule has 0 aliphatic carbocycles. The fourth-order valence-electron chi connectivity index (χ4n) is 8.92. The first kappa shape index (κ1) is 48.4. The first-order chi connectivity index (χ1) is 33.3. The fraction of sp³-hybridized carbons (Fsp3) is 0.377. The van der Waals surface area contributed by atoms with E-state index in [1.54, 1.807) is 36.0 Å². The number of benzene rings is 4. The van der Waals surface area contributed by atoms with Gasteiger partial charge in [-0.3, -0.25) is 14.9 Å². The molecule has 16 nitrogen and oxygen atoms in total. The van der Waals surface area contributed by atoms with Crippen molar-refractivity contribution in [2.75, 3.05) is 13.1 Å². The molecule has 2 aliphatic heterocycles. The van der Waals surface area contributed by atoms with Crippen molar-refractivity contribution in [3.63, 3.8) is 0 Å². The van der Waals surface area contributed by atoms with E-state index >= 15 is 0 Å². The van der Waals surface area contributed by atoms with Gasteiger partial charge in [-0.15, -0.1) is 0 Å². The Morgan fingerprint density at radius 3 is 1.86 bits per heavy atom. The topological polar surface area (TPSA) is 196 Å². The van der Waals surface area contributed by atoms with E-state index in [9.17, 15) is 19.5 Å². The van der Waals surface area contributed by atoms with E-state index < -0.39 is 30.6 Å². The van der Waals surface area contributed by atoms with Crippen LogP contribution in [0.5, 0.6) is 11.5 Å². The predicted molar refractivity (Wildman–Crippen MR) is 260 cm³/mol. The van der Waals surface area contributed by atoms with Gasteiger partial charge < -0.3 is 49.1 Å². The Kier molecular flexibility index (Phi) is 15.1. The summed E-state index contributed by atoms with van der Waals surface area (Å²) in [6.45, 7) is 14.9. The van der Waals surface area contributed by atoms with Crippen molar-refractivity contribution in [3.05, 3.63) is 131 Å². The summed E-state index contributed by atoms with van der Waals surface area (Å²) < 4.78 is 23.9. The van der Waals surface area contributed by atoms with Crippen LogP contribution in [0.1, 0.15) is 113 Å². The van der Waals surface area contributed by atoms with Crippen LogP contribution in [0.4, 0.5) is 4.79 Å². The fourth-order valence-corrected chi connectivity index (χ4v) is 8.92. The Morgan fingerprint density at radius 1 is 0.725 bits per heavy atom. The third-order valence-corrected chi connectivity index (χ3v) is 12.1. The molecule has 362 valence electrons. The molecule has 4 atom stereocenters. The molecule has 2 aliphatic rings. The van der Waals surface area contributed by atoms with Crippen molar-refractivity contribution in [1.82, 2.24) is 40.4 Å². The highest BCUT2D eigenvalue weighted by Gasteiger charge is 2.34. The van der Waals surface area contributed by atoms with Gasteiger partial charge in [0, 0.05) is 46.5 Å². The zero-order valence-electron chi connectivity index (χ0n) is 40.2. The highest BCUT2D eigenvalue weighted by atomic mass is 16.6. The van der Waals surface area contributed by atoms with E-state index in [0.29, 0.717) is 55.5 Å². The minimum absolute atomic E-state index is 0.212. The van der Waals surface area contributed by atoms with Gasteiger partial charge in [0.25, 0.3) is 5.91 Å². The first-order valence-corrected chi connectivity index (χ1v) is 23.8. The normalized spacial score (nSPS) is 14.2. The molecule has 6 aromatic rings. The summed E-state index contributed by atoms with van der Waals surface area (Å²) in [6.07, 6.45) is 2.34. The van der Waals surface area contributed by atoms with Gasteiger partial charge in [0.1, 0.15) is 48.4 Å². The van der Waals surface area contributed by atoms with Crippen molar-refractivity contribution in [3.8, 4) is 45.1 Å². The molecule has 0 saturated carbocycles. The number of hydrogen-bond acceptors (Lipinski definition) is 11. The number of amides is 3. The molecule has 4 unspecified atom stereocenters. The average Bonchev–Trinajstić information content (AvgIpc) is 4.04. The van der Waals surface area contributed by atoms with Crippen molar-refractivity contribution in [2.45, 2.75) is 118 Å². The van der Waals surface area contributed by atoms with Crippen LogP contribution >= 0.6 is 0 Å². The monoisotopic (exact) mass is 938 g/mol. The number of aromatic amines is 2. The van der Waals surface area contributed by atoms with Crippen LogP contribution in [0.2, 0.25) is 0 Å². The van der Waals surface area contributed by atoms with Gasteiger partial charge in [0.15, 0.2) is 0 Å². The lowest BCUT2D eigenvalue weighted by Crippen LogP contribution is -2.46. The Hall–Kier alpha value is -7.01. The van der Waals surface area contributed by atoms with Crippen LogP contribution in [0, 0.1) is 0 Å². The van der Waals surface area contributed by atoms with Gasteiger partial charge in [-0.25, -0.2) is 14.8 Å². The van der Waals surface area contributed by atoms with E-state index in [1.165, 1.54) is 0 Å². The highest BCUT2D eigenvalue weighted by molar-refractivity contribution is 5.89. The largest absolute Gasteiger partial charge is 0.488 e. The minimum atomic E-state index is -1.34. The molecule has 4 heterocycles. The predicted octanol–water partition coefficient (Wildman–Crippen LogP) is 8.86. The van der Waals surface area contributed by atoms with Crippen LogP contribution < -0.4 is 20.1 Å². The summed E-state index contributed by atoms with van der Waals surface area (Å²) >= 11 is 0. The number of carbonyl (C=O) groups excluding carboxylic acids is 3. The minimum Gasteiger partial charge on any atom is -0.488 e. The molecule has 0 radical (unpaired) electrons. The van der Waals surface area contributed by atoms with E-state index in [-0.39, 0.29) is 30.6 Å². The van der Waals surface area contributed by atoms with Crippen LogP contribution in [0.25, 0.3) is 33.6 Å². The van der Waals surface area contributed by atoms with Crippen molar-refractivity contribution in [1.29, 1.82) is 0 Å². The summed E-state index contributed by atoms with van der Waals surface area (Å²) in [4.78, 5) is 61.2. The second-order valence-corrected chi connectivity index (χ2v) is 18.0. The molecular weight excluding hydrogens is 877 g/mol. The Bertz CT molecular complexity index is 2690. The molecule has 8 rings (SSSR count). The van der Waals surface area contributed by atoms with Gasteiger partial charge >= 0.3 is 6.09 Å². The molecule has 0 saturated heterocycles. The highest BCUT2D eigenvalue weighted by Crippen LogP contribution is 2.51. The molecule has 0 fully saturated rings. The molecule has 3 amide bonds. The van der Waals surface area contributed by atoms with Crippen molar-refractivity contribution < 1.29 is 38.4 Å². The average molecular weight is 939 g/mol. The lowest BCUT2D eigenvalue weighted by molar-refractivity contribution is -0.159. The third-order valence-electron chi connectivity index (χ3n) is 12.1. The second kappa shape index (κ2) is 21.5. The second-order valence-electron chi connectivity index (χ2n) is 18.0. The van der Waals surface area contributed by atoms with Crippen LogP contribution in [-0.4, -0.2) is 84.5 Å². The van der Waals surface area contributed by atoms with Gasteiger partial charge in [-0.1, -0.05) is 74.5 Å². The molecule has 0 spiro atoms. The number of nitrogens with one attached hydrogen (secondary N) is 4. The maximum atomic E-state index is 14.3.